The Morgan fingerprint density at radius 2 is 1.70 bits per heavy atom. The number of thiol groups is 1. The van der Waals surface area contributed by atoms with Gasteiger partial charge in [0.1, 0.15) is 0 Å². The Morgan fingerprint density at radius 1 is 1.30 bits per heavy atom. The Labute approximate surface area is 62.2 Å². The van der Waals surface area contributed by atoms with Crippen LogP contribution in [0.15, 0.2) is 0 Å². The molecule has 0 saturated carbocycles. The molecule has 0 heterocycles. The van der Waals surface area contributed by atoms with Crippen LogP contribution in [0.2, 0.25) is 0 Å². The highest BCUT2D eigenvalue weighted by Crippen LogP contribution is 2.31. The summed E-state index contributed by atoms with van der Waals surface area (Å²) in [6, 6.07) is 0. The molecule has 0 aromatic carbocycles. The second-order valence-electron chi connectivity index (χ2n) is 2.00. The molecule has 1 N–H and O–H groups in total. The summed E-state index contributed by atoms with van der Waals surface area (Å²) in [5.74, 6) is -6.59. The zero-order chi connectivity index (χ0) is 8.41. The highest BCUT2D eigenvalue weighted by Gasteiger charge is 2.48. The van der Waals surface area contributed by atoms with Gasteiger partial charge in [-0.05, 0) is 0 Å². The van der Waals surface area contributed by atoms with E-state index in [0.717, 1.165) is 0 Å². The molecule has 0 fully saturated rings. The van der Waals surface area contributed by atoms with Gasteiger partial charge in [-0.25, -0.2) is 18.0 Å². The van der Waals surface area contributed by atoms with Gasteiger partial charge in [-0.1, -0.05) is 12.8 Å². The third-order valence-corrected chi connectivity index (χ3v) is 1.11. The topological polar surface area (TPSA) is 21.3 Å². The van der Waals surface area contributed by atoms with Gasteiger partial charge in [0, 0.05) is 13.8 Å². The fraction of sp³-hybridized carbons (Fsp3) is 1.00. The molecule has 1 atom stereocenters. The molecule has 0 radical (unpaired) electrons. The van der Waals surface area contributed by atoms with Crippen LogP contribution in [-0.2, 0) is 4.84 Å². The molecule has 0 bridgehead atoms. The summed E-state index contributed by atoms with van der Waals surface area (Å²) in [7, 11) is 0. The van der Waals surface area contributed by atoms with Crippen molar-refractivity contribution in [2.45, 2.75) is 25.6 Å². The Hall–Kier alpha value is 0.0600. The monoisotopic (exact) mass is 175 g/mol. The first kappa shape index (κ1) is 10.1. The van der Waals surface area contributed by atoms with Crippen LogP contribution in [0.4, 0.5) is 13.2 Å². The summed E-state index contributed by atoms with van der Waals surface area (Å²) < 4.78 is 36.7. The van der Waals surface area contributed by atoms with Gasteiger partial charge in [0.25, 0.3) is 5.85 Å². The Kier molecular flexibility index (Phi) is 3.00. The number of hydrogen-bond acceptors (Lipinski definition) is 3. The zero-order valence-electron chi connectivity index (χ0n) is 5.49. The van der Waals surface area contributed by atoms with Gasteiger partial charge in [0.15, 0.2) is 0 Å². The zero-order valence-corrected chi connectivity index (χ0v) is 6.38. The lowest BCUT2D eigenvalue weighted by Gasteiger charge is -2.25. The SMILES string of the molecule is CC(F)(F)C(C)(F)ONS. The number of hydrogen-bond donors (Lipinski definition) is 2. The van der Waals surface area contributed by atoms with Gasteiger partial charge in [-0.2, -0.15) is 0 Å². The summed E-state index contributed by atoms with van der Waals surface area (Å²) in [5, 5.41) is 0. The Bertz CT molecular complexity index is 114. The first-order valence-electron chi connectivity index (χ1n) is 2.45. The van der Waals surface area contributed by atoms with Crippen LogP contribution in [0, 0.1) is 0 Å². The first-order chi connectivity index (χ1) is 4.31. The molecule has 0 aliphatic carbocycles. The number of rotatable bonds is 3. The van der Waals surface area contributed by atoms with E-state index in [2.05, 4.69) is 17.7 Å². The van der Waals surface area contributed by atoms with E-state index < -0.39 is 11.8 Å². The fourth-order valence-electron chi connectivity index (χ4n) is 0.175. The van der Waals surface area contributed by atoms with E-state index in [-0.39, 0.29) is 0 Å². The van der Waals surface area contributed by atoms with E-state index in [9.17, 15) is 13.2 Å². The molecule has 1 unspecified atom stereocenters. The number of nitrogens with one attached hydrogen (secondary N) is 1. The lowest BCUT2D eigenvalue weighted by molar-refractivity contribution is -0.271. The molecule has 2 nitrogen and oxygen atoms in total. The van der Waals surface area contributed by atoms with Crippen LogP contribution in [0.5, 0.6) is 0 Å². The van der Waals surface area contributed by atoms with Crippen molar-refractivity contribution in [2.75, 3.05) is 0 Å². The summed E-state index contributed by atoms with van der Waals surface area (Å²) in [5.41, 5.74) is 0. The lowest BCUT2D eigenvalue weighted by Crippen LogP contribution is -2.43. The molecule has 10 heavy (non-hydrogen) atoms. The summed E-state index contributed by atoms with van der Waals surface area (Å²) in [6.45, 7) is 1.02. The largest absolute Gasteiger partial charge is 0.304 e. The van der Waals surface area contributed by atoms with E-state index in [1.54, 1.807) is 4.89 Å². The van der Waals surface area contributed by atoms with Crippen LogP contribution >= 0.6 is 12.8 Å². The van der Waals surface area contributed by atoms with Crippen molar-refractivity contribution in [1.29, 1.82) is 0 Å². The molecule has 0 rings (SSSR count). The van der Waals surface area contributed by atoms with Crippen LogP contribution in [-0.4, -0.2) is 11.8 Å². The normalized spacial score (nSPS) is 18.6. The maximum atomic E-state index is 12.5. The van der Waals surface area contributed by atoms with E-state index in [4.69, 9.17) is 0 Å². The molecule has 0 aliphatic rings. The molecule has 0 amide bonds. The molecule has 0 spiro atoms. The second kappa shape index (κ2) is 2.98. The van der Waals surface area contributed by atoms with Crippen molar-refractivity contribution in [2.24, 2.45) is 0 Å². The standard InChI is InChI=1S/C4H8F3NOS/c1-3(5,6)4(2,7)9-8-10/h8,10H,1-2H3. The quantitative estimate of drug-likeness (QED) is 0.503. The van der Waals surface area contributed by atoms with Crippen molar-refractivity contribution in [3.63, 3.8) is 0 Å². The minimum atomic E-state index is -3.55. The summed E-state index contributed by atoms with van der Waals surface area (Å²) in [6.07, 6.45) is 0. The molecule has 0 saturated heterocycles. The van der Waals surface area contributed by atoms with Crippen molar-refractivity contribution in [3.8, 4) is 0 Å². The smallest absolute Gasteiger partial charge is 0.245 e. The van der Waals surface area contributed by atoms with Gasteiger partial charge in [-0.3, -0.25) is 0 Å². The Morgan fingerprint density at radius 3 is 1.80 bits per heavy atom. The number of alkyl halides is 3. The van der Waals surface area contributed by atoms with Crippen molar-refractivity contribution < 1.29 is 18.0 Å². The van der Waals surface area contributed by atoms with E-state index in [1.165, 1.54) is 0 Å². The summed E-state index contributed by atoms with van der Waals surface area (Å²) in [4.78, 5) is 5.35. The lowest BCUT2D eigenvalue weighted by atomic mass is 10.2. The Balaban J connectivity index is 4.10. The van der Waals surface area contributed by atoms with Crippen LogP contribution in [0.25, 0.3) is 0 Å². The third kappa shape index (κ3) is 2.36. The molecular formula is C4H8F3NOS. The maximum absolute atomic E-state index is 12.5. The minimum Gasteiger partial charge on any atom is -0.245 e. The highest BCUT2D eigenvalue weighted by atomic mass is 32.1. The van der Waals surface area contributed by atoms with Crippen molar-refractivity contribution >= 4 is 12.8 Å². The van der Waals surface area contributed by atoms with Crippen LogP contribution in [0.1, 0.15) is 13.8 Å². The van der Waals surface area contributed by atoms with Crippen molar-refractivity contribution in [1.82, 2.24) is 4.89 Å². The van der Waals surface area contributed by atoms with Gasteiger partial charge in [0.2, 0.25) is 0 Å². The van der Waals surface area contributed by atoms with E-state index in [0.29, 0.717) is 13.8 Å². The maximum Gasteiger partial charge on any atom is 0.304 e. The average Bonchev–Trinajstić information content (AvgIpc) is 1.61. The molecule has 0 aliphatic heterocycles. The van der Waals surface area contributed by atoms with Crippen molar-refractivity contribution in [3.05, 3.63) is 0 Å². The van der Waals surface area contributed by atoms with E-state index >= 15 is 0 Å². The third-order valence-electron chi connectivity index (χ3n) is 1.02. The minimum absolute atomic E-state index is 0.415. The molecule has 0 aromatic rings. The van der Waals surface area contributed by atoms with Gasteiger partial charge >= 0.3 is 5.92 Å². The molecule has 6 heteroatoms. The highest BCUT2D eigenvalue weighted by molar-refractivity contribution is 7.77. The summed E-state index contributed by atoms with van der Waals surface area (Å²) >= 11 is 3.20. The second-order valence-corrected chi connectivity index (χ2v) is 2.18. The predicted molar refractivity (Wildman–Crippen MR) is 33.3 cm³/mol. The molecular weight excluding hydrogens is 167 g/mol. The molecule has 0 aromatic heterocycles. The number of halogens is 3. The fourth-order valence-corrected chi connectivity index (χ4v) is 0.347. The van der Waals surface area contributed by atoms with Gasteiger partial charge in [0.05, 0.1) is 0 Å². The predicted octanol–water partition coefficient (Wildman–Crippen LogP) is 1.69. The van der Waals surface area contributed by atoms with Crippen LogP contribution < -0.4 is 4.89 Å². The van der Waals surface area contributed by atoms with Crippen LogP contribution in [0.3, 0.4) is 0 Å². The van der Waals surface area contributed by atoms with E-state index in [1.807, 2.05) is 0 Å². The average molecular weight is 175 g/mol. The van der Waals surface area contributed by atoms with Gasteiger partial charge < -0.3 is 0 Å². The van der Waals surface area contributed by atoms with Gasteiger partial charge in [-0.15, -0.1) is 4.89 Å². The molecule has 62 valence electrons. The first-order valence-corrected chi connectivity index (χ1v) is 2.90.